The number of rotatable bonds is 10. The number of aliphatic hydroxyl groups is 1. The molecule has 0 saturated carbocycles. The van der Waals surface area contributed by atoms with Crippen molar-refractivity contribution in [3.8, 4) is 17.2 Å². The fourth-order valence-corrected chi connectivity index (χ4v) is 3.99. The van der Waals surface area contributed by atoms with Crippen LogP contribution in [0.4, 0.5) is 0 Å². The Morgan fingerprint density at radius 3 is 2.46 bits per heavy atom. The molecule has 2 aromatic carbocycles. The minimum atomic E-state index is -0.873. The lowest BCUT2D eigenvalue weighted by Crippen LogP contribution is -2.32. The maximum atomic E-state index is 13.1. The summed E-state index contributed by atoms with van der Waals surface area (Å²) in [5, 5.41) is 21.4. The molecule has 8 nitrogen and oxygen atoms in total. The van der Waals surface area contributed by atoms with Gasteiger partial charge in [0, 0.05) is 19.2 Å². The molecule has 1 atom stereocenters. The van der Waals surface area contributed by atoms with Gasteiger partial charge in [-0.1, -0.05) is 19.9 Å². The SMILES string of the molecule is CCOc1cc([C@H]2/C(=C(\O)c3ccc(OCC(C)C)c(C)c3)C(=O)C(=O)N2CCOC)ccc1O. The van der Waals surface area contributed by atoms with Gasteiger partial charge in [-0.15, -0.1) is 0 Å². The van der Waals surface area contributed by atoms with E-state index in [0.29, 0.717) is 36.0 Å². The molecule has 8 heteroatoms. The average Bonchev–Trinajstić information content (AvgIpc) is 3.07. The van der Waals surface area contributed by atoms with Crippen LogP contribution in [0.2, 0.25) is 0 Å². The van der Waals surface area contributed by atoms with Crippen molar-refractivity contribution in [1.82, 2.24) is 4.90 Å². The summed E-state index contributed by atoms with van der Waals surface area (Å²) in [4.78, 5) is 27.5. The van der Waals surface area contributed by atoms with Gasteiger partial charge >= 0.3 is 0 Å². The van der Waals surface area contributed by atoms with E-state index in [9.17, 15) is 19.8 Å². The number of carbonyl (C=O) groups excluding carboxylic acids is 2. The van der Waals surface area contributed by atoms with E-state index < -0.39 is 17.7 Å². The number of hydrogen-bond acceptors (Lipinski definition) is 7. The van der Waals surface area contributed by atoms with Gasteiger partial charge < -0.3 is 29.3 Å². The number of carbonyl (C=O) groups is 2. The highest BCUT2D eigenvalue weighted by atomic mass is 16.5. The Kier molecular flexibility index (Phi) is 8.40. The molecule has 0 aromatic heterocycles. The normalized spacial score (nSPS) is 17.3. The summed E-state index contributed by atoms with van der Waals surface area (Å²) in [6.45, 7) is 8.99. The topological polar surface area (TPSA) is 106 Å². The van der Waals surface area contributed by atoms with Gasteiger partial charge in [0.25, 0.3) is 11.7 Å². The number of Topliss-reactive ketones (excluding diaryl/α,β-unsaturated/α-hetero) is 1. The smallest absolute Gasteiger partial charge is 0.295 e. The second-order valence-electron chi connectivity index (χ2n) is 8.83. The summed E-state index contributed by atoms with van der Waals surface area (Å²) in [6.07, 6.45) is 0. The molecule has 1 saturated heterocycles. The molecule has 0 radical (unpaired) electrons. The van der Waals surface area contributed by atoms with E-state index in [4.69, 9.17) is 14.2 Å². The summed E-state index contributed by atoms with van der Waals surface area (Å²) >= 11 is 0. The Bertz CT molecular complexity index is 1120. The van der Waals surface area contributed by atoms with Crippen LogP contribution in [-0.2, 0) is 14.3 Å². The number of likely N-dealkylation sites (tertiary alicyclic amines) is 1. The number of methoxy groups -OCH3 is 1. The van der Waals surface area contributed by atoms with Gasteiger partial charge in [0.05, 0.1) is 31.4 Å². The van der Waals surface area contributed by atoms with Crippen LogP contribution in [0.1, 0.15) is 43.5 Å². The Labute approximate surface area is 205 Å². The molecule has 188 valence electrons. The monoisotopic (exact) mass is 483 g/mol. The van der Waals surface area contributed by atoms with Crippen molar-refractivity contribution in [2.24, 2.45) is 5.92 Å². The molecule has 35 heavy (non-hydrogen) atoms. The number of aliphatic hydroxyl groups excluding tert-OH is 1. The van der Waals surface area contributed by atoms with Gasteiger partial charge in [0.1, 0.15) is 11.5 Å². The maximum Gasteiger partial charge on any atom is 0.295 e. The van der Waals surface area contributed by atoms with Crippen molar-refractivity contribution in [2.75, 3.05) is 33.5 Å². The number of aromatic hydroxyl groups is 1. The van der Waals surface area contributed by atoms with Gasteiger partial charge in [-0.05, 0) is 61.2 Å². The summed E-state index contributed by atoms with van der Waals surface area (Å²) in [7, 11) is 1.50. The van der Waals surface area contributed by atoms with E-state index >= 15 is 0 Å². The van der Waals surface area contributed by atoms with Crippen LogP contribution in [-0.4, -0.2) is 60.3 Å². The molecule has 0 bridgehead atoms. The number of ether oxygens (including phenoxy) is 3. The first kappa shape index (κ1) is 26.1. The number of benzene rings is 2. The summed E-state index contributed by atoms with van der Waals surface area (Å²) in [5.74, 6) is -0.579. The average molecular weight is 484 g/mol. The molecular weight excluding hydrogens is 450 g/mol. The zero-order valence-electron chi connectivity index (χ0n) is 20.8. The molecule has 0 aliphatic carbocycles. The number of phenolic OH excluding ortho intramolecular Hbond substituents is 1. The van der Waals surface area contributed by atoms with E-state index in [-0.39, 0.29) is 36.0 Å². The predicted octanol–water partition coefficient (Wildman–Crippen LogP) is 4.20. The van der Waals surface area contributed by atoms with Crippen LogP contribution < -0.4 is 9.47 Å². The second-order valence-corrected chi connectivity index (χ2v) is 8.83. The molecule has 1 heterocycles. The first-order valence-electron chi connectivity index (χ1n) is 11.7. The first-order chi connectivity index (χ1) is 16.7. The minimum absolute atomic E-state index is 0.0329. The van der Waals surface area contributed by atoms with Gasteiger partial charge in [-0.2, -0.15) is 0 Å². The molecule has 2 N–H and O–H groups in total. The first-order valence-corrected chi connectivity index (χ1v) is 11.7. The third-order valence-electron chi connectivity index (χ3n) is 5.70. The summed E-state index contributed by atoms with van der Waals surface area (Å²) in [5.41, 5.74) is 1.69. The number of nitrogens with zero attached hydrogens (tertiary/aromatic N) is 1. The maximum absolute atomic E-state index is 13.1. The largest absolute Gasteiger partial charge is 0.507 e. The van der Waals surface area contributed by atoms with E-state index in [0.717, 1.165) is 5.56 Å². The van der Waals surface area contributed by atoms with Crippen LogP contribution in [0.15, 0.2) is 42.0 Å². The quantitative estimate of drug-likeness (QED) is 0.296. The zero-order chi connectivity index (χ0) is 25.7. The fourth-order valence-electron chi connectivity index (χ4n) is 3.99. The standard InChI is InChI=1S/C27H33NO7/c1-6-34-22-14-18(7-9-20(22)29)24-23(26(31)27(32)28(24)11-12-33-5)25(30)19-8-10-21(17(4)13-19)35-15-16(2)3/h7-10,13-14,16,24,29-30H,6,11-12,15H2,1-5H3/b25-23+/t24-/m0/s1. The van der Waals surface area contributed by atoms with Gasteiger partial charge in [0.2, 0.25) is 0 Å². The lowest BCUT2D eigenvalue weighted by atomic mass is 9.94. The Morgan fingerprint density at radius 2 is 1.83 bits per heavy atom. The molecular formula is C27H33NO7. The van der Waals surface area contributed by atoms with Crippen LogP contribution in [0.3, 0.4) is 0 Å². The molecule has 1 aliphatic rings. The number of aryl methyl sites for hydroxylation is 1. The van der Waals surface area contributed by atoms with E-state index in [1.807, 2.05) is 6.92 Å². The zero-order valence-corrected chi connectivity index (χ0v) is 20.8. The minimum Gasteiger partial charge on any atom is -0.507 e. The summed E-state index contributed by atoms with van der Waals surface area (Å²) < 4.78 is 16.5. The fraction of sp³-hybridized carbons (Fsp3) is 0.407. The lowest BCUT2D eigenvalue weighted by molar-refractivity contribution is -0.140. The highest BCUT2D eigenvalue weighted by Gasteiger charge is 2.46. The van der Waals surface area contributed by atoms with Crippen LogP contribution in [0.5, 0.6) is 17.2 Å². The van der Waals surface area contributed by atoms with Gasteiger partial charge in [-0.3, -0.25) is 9.59 Å². The molecule has 1 fully saturated rings. The lowest BCUT2D eigenvalue weighted by Gasteiger charge is -2.25. The number of amides is 1. The molecule has 1 aliphatic heterocycles. The Balaban J connectivity index is 2.11. The van der Waals surface area contributed by atoms with Crippen LogP contribution in [0.25, 0.3) is 5.76 Å². The predicted molar refractivity (Wildman–Crippen MR) is 132 cm³/mol. The van der Waals surface area contributed by atoms with Gasteiger partial charge in [0.15, 0.2) is 11.5 Å². The Morgan fingerprint density at radius 1 is 1.09 bits per heavy atom. The molecule has 1 amide bonds. The van der Waals surface area contributed by atoms with Crippen molar-refractivity contribution in [1.29, 1.82) is 0 Å². The van der Waals surface area contributed by atoms with Crippen molar-refractivity contribution in [2.45, 2.75) is 33.7 Å². The number of hydrogen-bond donors (Lipinski definition) is 2. The third kappa shape index (κ3) is 5.59. The number of ketones is 1. The molecule has 0 spiro atoms. The van der Waals surface area contributed by atoms with Crippen molar-refractivity contribution in [3.05, 3.63) is 58.7 Å². The molecule has 0 unspecified atom stereocenters. The van der Waals surface area contributed by atoms with E-state index in [1.165, 1.54) is 18.1 Å². The van der Waals surface area contributed by atoms with Crippen LogP contribution >= 0.6 is 0 Å². The van der Waals surface area contributed by atoms with Gasteiger partial charge in [-0.25, -0.2) is 0 Å². The highest BCUT2D eigenvalue weighted by Crippen LogP contribution is 2.42. The van der Waals surface area contributed by atoms with Crippen molar-refractivity contribution in [3.63, 3.8) is 0 Å². The summed E-state index contributed by atoms with van der Waals surface area (Å²) in [6, 6.07) is 8.90. The highest BCUT2D eigenvalue weighted by molar-refractivity contribution is 6.46. The second kappa shape index (κ2) is 11.3. The van der Waals surface area contributed by atoms with E-state index in [2.05, 4.69) is 13.8 Å². The van der Waals surface area contributed by atoms with Crippen LogP contribution in [0, 0.1) is 12.8 Å². The third-order valence-corrected chi connectivity index (χ3v) is 5.70. The van der Waals surface area contributed by atoms with Crippen molar-refractivity contribution >= 4 is 17.4 Å². The molecule has 3 rings (SSSR count). The van der Waals surface area contributed by atoms with E-state index in [1.54, 1.807) is 37.3 Å². The molecule has 2 aromatic rings. The Hall–Kier alpha value is -3.52. The number of phenols is 1. The van der Waals surface area contributed by atoms with Crippen molar-refractivity contribution < 1.29 is 34.0 Å².